The van der Waals surface area contributed by atoms with E-state index in [-0.39, 0.29) is 23.0 Å². The number of anilines is 1. The van der Waals surface area contributed by atoms with Crippen molar-refractivity contribution in [2.75, 3.05) is 5.73 Å². The van der Waals surface area contributed by atoms with Gasteiger partial charge in [0.15, 0.2) is 17.2 Å². The molecule has 0 bridgehead atoms. The number of para-hydroxylation sites is 1. The Kier molecular flexibility index (Phi) is 3.20. The summed E-state index contributed by atoms with van der Waals surface area (Å²) in [6, 6.07) is 6.11. The van der Waals surface area contributed by atoms with Crippen LogP contribution in [0.25, 0.3) is 11.0 Å². The van der Waals surface area contributed by atoms with Gasteiger partial charge in [-0.05, 0) is 32.9 Å². The second kappa shape index (κ2) is 4.94. The van der Waals surface area contributed by atoms with E-state index in [9.17, 15) is 4.39 Å². The molecule has 2 heterocycles. The van der Waals surface area contributed by atoms with Gasteiger partial charge in [-0.2, -0.15) is 0 Å². The van der Waals surface area contributed by atoms with E-state index in [0.29, 0.717) is 11.0 Å². The van der Waals surface area contributed by atoms with E-state index in [1.54, 1.807) is 16.8 Å². The molecule has 0 fully saturated rings. The minimum atomic E-state index is -0.476. The molecule has 0 amide bonds. The highest BCUT2D eigenvalue weighted by Crippen LogP contribution is 2.34. The van der Waals surface area contributed by atoms with E-state index < -0.39 is 5.82 Å². The van der Waals surface area contributed by atoms with E-state index in [4.69, 9.17) is 10.5 Å². The fraction of sp³-hybridized carbons (Fsp3) is 0.267. The molecule has 6 nitrogen and oxygen atoms in total. The van der Waals surface area contributed by atoms with Crippen molar-refractivity contribution < 1.29 is 9.13 Å². The highest BCUT2D eigenvalue weighted by molar-refractivity contribution is 5.91. The lowest BCUT2D eigenvalue weighted by Crippen LogP contribution is -2.23. The molecular formula is C15H16FN5O. The predicted octanol–water partition coefficient (Wildman–Crippen LogP) is 3.09. The maximum absolute atomic E-state index is 13.8. The summed E-state index contributed by atoms with van der Waals surface area (Å²) in [5, 5.41) is 4.88. The van der Waals surface area contributed by atoms with Crippen molar-refractivity contribution in [1.82, 2.24) is 19.7 Å². The van der Waals surface area contributed by atoms with Crippen molar-refractivity contribution in [1.29, 1.82) is 0 Å². The highest BCUT2D eigenvalue weighted by Gasteiger charge is 2.24. The van der Waals surface area contributed by atoms with E-state index in [2.05, 4.69) is 15.1 Å². The number of aromatic nitrogens is 4. The van der Waals surface area contributed by atoms with Crippen LogP contribution in [0.4, 0.5) is 10.2 Å². The molecular weight excluding hydrogens is 285 g/mol. The van der Waals surface area contributed by atoms with Crippen LogP contribution in [0, 0.1) is 5.82 Å². The Morgan fingerprint density at radius 1 is 1.18 bits per heavy atom. The molecule has 1 aromatic carbocycles. The van der Waals surface area contributed by atoms with Crippen LogP contribution in [0.2, 0.25) is 0 Å². The van der Waals surface area contributed by atoms with E-state index in [0.717, 1.165) is 0 Å². The SMILES string of the molecule is CC(C)(C)n1nc(Oc2ccccc2F)c2c(N)ncnc21. The van der Waals surface area contributed by atoms with E-state index >= 15 is 0 Å². The van der Waals surface area contributed by atoms with Gasteiger partial charge in [0.05, 0.1) is 5.54 Å². The molecule has 0 spiro atoms. The number of ether oxygens (including phenoxy) is 1. The third kappa shape index (κ3) is 2.34. The fourth-order valence-electron chi connectivity index (χ4n) is 2.11. The van der Waals surface area contributed by atoms with Gasteiger partial charge in [0, 0.05) is 0 Å². The molecule has 0 aliphatic rings. The Morgan fingerprint density at radius 2 is 1.91 bits per heavy atom. The van der Waals surface area contributed by atoms with Crippen molar-refractivity contribution in [2.24, 2.45) is 0 Å². The molecule has 2 aromatic heterocycles. The summed E-state index contributed by atoms with van der Waals surface area (Å²) in [7, 11) is 0. The monoisotopic (exact) mass is 301 g/mol. The number of halogens is 1. The molecule has 2 N–H and O–H groups in total. The first-order chi connectivity index (χ1) is 10.4. The first kappa shape index (κ1) is 14.2. The fourth-order valence-corrected chi connectivity index (χ4v) is 2.11. The molecule has 0 unspecified atom stereocenters. The zero-order chi connectivity index (χ0) is 15.9. The molecule has 0 saturated carbocycles. The van der Waals surface area contributed by atoms with Crippen LogP contribution in [0.3, 0.4) is 0 Å². The second-order valence-corrected chi connectivity index (χ2v) is 5.88. The lowest BCUT2D eigenvalue weighted by Gasteiger charge is -2.19. The molecule has 0 saturated heterocycles. The van der Waals surface area contributed by atoms with Gasteiger partial charge < -0.3 is 10.5 Å². The maximum Gasteiger partial charge on any atom is 0.251 e. The van der Waals surface area contributed by atoms with Gasteiger partial charge in [-0.15, -0.1) is 5.10 Å². The summed E-state index contributed by atoms with van der Waals surface area (Å²) in [6.07, 6.45) is 1.37. The van der Waals surface area contributed by atoms with Crippen molar-refractivity contribution in [3.05, 3.63) is 36.4 Å². The molecule has 22 heavy (non-hydrogen) atoms. The van der Waals surface area contributed by atoms with Gasteiger partial charge >= 0.3 is 0 Å². The first-order valence-corrected chi connectivity index (χ1v) is 6.80. The number of benzene rings is 1. The van der Waals surface area contributed by atoms with Gasteiger partial charge in [-0.3, -0.25) is 0 Å². The van der Waals surface area contributed by atoms with Crippen molar-refractivity contribution in [3.63, 3.8) is 0 Å². The van der Waals surface area contributed by atoms with Gasteiger partial charge in [0.1, 0.15) is 17.5 Å². The molecule has 0 aliphatic carbocycles. The van der Waals surface area contributed by atoms with E-state index in [1.807, 2.05) is 20.8 Å². The Balaban J connectivity index is 2.20. The predicted molar refractivity (Wildman–Crippen MR) is 81.2 cm³/mol. The van der Waals surface area contributed by atoms with Crippen LogP contribution in [0.1, 0.15) is 20.8 Å². The quantitative estimate of drug-likeness (QED) is 0.787. The van der Waals surface area contributed by atoms with Crippen molar-refractivity contribution >= 4 is 16.9 Å². The van der Waals surface area contributed by atoms with Crippen LogP contribution in [-0.2, 0) is 5.54 Å². The lowest BCUT2D eigenvalue weighted by atomic mass is 10.1. The Labute approximate surface area is 126 Å². The van der Waals surface area contributed by atoms with E-state index in [1.165, 1.54) is 18.5 Å². The standard InChI is InChI=1S/C15H16FN5O/c1-15(2,3)21-13-11(12(17)18-8-19-13)14(20-21)22-10-7-5-4-6-9(10)16/h4-8H,1-3H3,(H2,17,18,19). The Hall–Kier alpha value is -2.70. The lowest BCUT2D eigenvalue weighted by molar-refractivity contribution is 0.346. The third-order valence-corrected chi connectivity index (χ3v) is 3.14. The normalized spacial score (nSPS) is 11.8. The van der Waals surface area contributed by atoms with Gasteiger partial charge in [0.25, 0.3) is 5.88 Å². The summed E-state index contributed by atoms with van der Waals surface area (Å²) >= 11 is 0. The average Bonchev–Trinajstić information content (AvgIpc) is 2.82. The van der Waals surface area contributed by atoms with Gasteiger partial charge in [-0.25, -0.2) is 19.0 Å². The molecule has 7 heteroatoms. The summed E-state index contributed by atoms with van der Waals surface area (Å²) in [6.45, 7) is 5.93. The Bertz CT molecular complexity index is 838. The maximum atomic E-state index is 13.8. The first-order valence-electron chi connectivity index (χ1n) is 6.80. The minimum absolute atomic E-state index is 0.0752. The number of fused-ring (bicyclic) bond motifs is 1. The molecule has 0 radical (unpaired) electrons. The largest absolute Gasteiger partial charge is 0.434 e. The molecule has 114 valence electrons. The third-order valence-electron chi connectivity index (χ3n) is 3.14. The van der Waals surface area contributed by atoms with Crippen LogP contribution in [0.15, 0.2) is 30.6 Å². The number of hydrogen-bond acceptors (Lipinski definition) is 5. The zero-order valence-electron chi connectivity index (χ0n) is 12.5. The highest BCUT2D eigenvalue weighted by atomic mass is 19.1. The number of hydrogen-bond donors (Lipinski definition) is 1. The van der Waals surface area contributed by atoms with Crippen LogP contribution in [0.5, 0.6) is 11.6 Å². The topological polar surface area (TPSA) is 78.9 Å². The van der Waals surface area contributed by atoms with Crippen molar-refractivity contribution in [3.8, 4) is 11.6 Å². The summed E-state index contributed by atoms with van der Waals surface area (Å²) < 4.78 is 21.1. The smallest absolute Gasteiger partial charge is 0.251 e. The number of nitrogen functional groups attached to an aromatic ring is 1. The summed E-state index contributed by atoms with van der Waals surface area (Å²) in [4.78, 5) is 8.20. The molecule has 3 aromatic rings. The number of rotatable bonds is 2. The summed E-state index contributed by atoms with van der Waals surface area (Å²) in [5.74, 6) is 0.0301. The minimum Gasteiger partial charge on any atom is -0.434 e. The number of nitrogens with two attached hydrogens (primary N) is 1. The molecule has 0 aliphatic heterocycles. The second-order valence-electron chi connectivity index (χ2n) is 5.88. The average molecular weight is 301 g/mol. The van der Waals surface area contributed by atoms with Gasteiger partial charge in [0.2, 0.25) is 0 Å². The summed E-state index contributed by atoms with van der Waals surface area (Å²) in [5.41, 5.74) is 6.14. The van der Waals surface area contributed by atoms with Crippen LogP contribution in [-0.4, -0.2) is 19.7 Å². The molecule has 3 rings (SSSR count). The number of nitrogens with zero attached hydrogens (tertiary/aromatic N) is 4. The molecule has 0 atom stereocenters. The zero-order valence-corrected chi connectivity index (χ0v) is 12.5. The van der Waals surface area contributed by atoms with Crippen molar-refractivity contribution in [2.45, 2.75) is 26.3 Å². The van der Waals surface area contributed by atoms with Crippen LogP contribution >= 0.6 is 0 Å². The van der Waals surface area contributed by atoms with Gasteiger partial charge in [-0.1, -0.05) is 12.1 Å². The Morgan fingerprint density at radius 3 is 2.59 bits per heavy atom. The van der Waals surface area contributed by atoms with Crippen LogP contribution < -0.4 is 10.5 Å².